The van der Waals surface area contributed by atoms with Crippen molar-refractivity contribution in [2.75, 3.05) is 18.6 Å². The van der Waals surface area contributed by atoms with E-state index in [0.29, 0.717) is 16.9 Å². The average Bonchev–Trinajstić information content (AvgIpc) is 2.82. The molecule has 5 heteroatoms. The van der Waals surface area contributed by atoms with E-state index in [9.17, 15) is 9.90 Å². The van der Waals surface area contributed by atoms with Gasteiger partial charge in [0.15, 0.2) is 5.72 Å². The number of hydrogen-bond acceptors (Lipinski definition) is 5. The molecule has 0 radical (unpaired) electrons. The Morgan fingerprint density at radius 1 is 1.16 bits per heavy atom. The molecule has 1 aliphatic rings. The van der Waals surface area contributed by atoms with Crippen LogP contribution >= 0.6 is 0 Å². The fraction of sp³-hybridized carbons (Fsp3) is 0.150. The monoisotopic (exact) mass is 335 g/mol. The zero-order chi connectivity index (χ0) is 17.6. The fourth-order valence-electron chi connectivity index (χ4n) is 3.22. The third-order valence-corrected chi connectivity index (χ3v) is 4.66. The van der Waals surface area contributed by atoms with Crippen LogP contribution in [0.4, 0.5) is 5.69 Å². The Morgan fingerprint density at radius 3 is 2.68 bits per heavy atom. The number of ether oxygens (including phenoxy) is 1. The van der Waals surface area contributed by atoms with Crippen LogP contribution in [0.2, 0.25) is 0 Å². The topological polar surface area (TPSA) is 62.9 Å². The molecule has 126 valence electrons. The zero-order valence-corrected chi connectivity index (χ0v) is 13.7. The Labute approximate surface area is 144 Å². The summed E-state index contributed by atoms with van der Waals surface area (Å²) in [6, 6.07) is 15.9. The first-order chi connectivity index (χ1) is 12.0. The van der Waals surface area contributed by atoms with Crippen LogP contribution in [0.3, 0.4) is 0 Å². The lowest BCUT2D eigenvalue weighted by molar-refractivity contribution is 0.0523. The first kappa shape index (κ1) is 15.5. The van der Waals surface area contributed by atoms with E-state index in [4.69, 9.17) is 9.15 Å². The van der Waals surface area contributed by atoms with Crippen molar-refractivity contribution in [3.8, 4) is 5.75 Å². The van der Waals surface area contributed by atoms with Gasteiger partial charge in [-0.2, -0.15) is 0 Å². The largest absolute Gasteiger partial charge is 0.488 e. The molecule has 3 aromatic rings. The molecule has 1 unspecified atom stereocenters. The predicted octanol–water partition coefficient (Wildman–Crippen LogP) is 3.02. The van der Waals surface area contributed by atoms with Gasteiger partial charge in [-0.3, -0.25) is 0 Å². The number of fused-ring (bicyclic) bond motifs is 3. The molecule has 4 rings (SSSR count). The third-order valence-electron chi connectivity index (χ3n) is 4.66. The van der Waals surface area contributed by atoms with Gasteiger partial charge in [0.2, 0.25) is 0 Å². The van der Waals surface area contributed by atoms with E-state index in [2.05, 4.69) is 6.58 Å². The van der Waals surface area contributed by atoms with E-state index in [0.717, 1.165) is 16.6 Å². The van der Waals surface area contributed by atoms with Gasteiger partial charge >= 0.3 is 5.63 Å². The summed E-state index contributed by atoms with van der Waals surface area (Å²) in [5.41, 5.74) is 0.762. The molecular formula is C20H17NO4. The quantitative estimate of drug-likeness (QED) is 0.746. The highest BCUT2D eigenvalue weighted by atomic mass is 16.5. The zero-order valence-electron chi connectivity index (χ0n) is 13.7. The van der Waals surface area contributed by atoms with E-state index < -0.39 is 11.4 Å². The van der Waals surface area contributed by atoms with Crippen LogP contribution in [0.1, 0.15) is 5.56 Å². The second-order valence-electron chi connectivity index (χ2n) is 6.08. The molecule has 0 bridgehead atoms. The highest BCUT2D eigenvalue weighted by Gasteiger charge is 2.45. The van der Waals surface area contributed by atoms with Crippen molar-refractivity contribution >= 4 is 22.2 Å². The summed E-state index contributed by atoms with van der Waals surface area (Å²) in [6.45, 7) is 4.12. The van der Waals surface area contributed by atoms with Gasteiger partial charge < -0.3 is 19.2 Å². The van der Waals surface area contributed by atoms with Crippen molar-refractivity contribution < 1.29 is 14.3 Å². The Balaban J connectivity index is 1.75. The second kappa shape index (κ2) is 5.50. The first-order valence-corrected chi connectivity index (χ1v) is 7.91. The number of hydrogen-bond donors (Lipinski definition) is 1. The molecule has 0 spiro atoms. The molecule has 0 fully saturated rings. The molecule has 1 aromatic heterocycles. The molecule has 1 N–H and O–H groups in total. The minimum Gasteiger partial charge on any atom is -0.488 e. The average molecular weight is 335 g/mol. The first-order valence-electron chi connectivity index (χ1n) is 7.91. The van der Waals surface area contributed by atoms with Crippen molar-refractivity contribution in [2.24, 2.45) is 0 Å². The SMILES string of the molecule is C=C1c2c(ccc3oc(=O)ccc23)N(C)C1(O)COc1ccccc1. The summed E-state index contributed by atoms with van der Waals surface area (Å²) in [6.07, 6.45) is 0. The molecule has 0 saturated carbocycles. The Hall–Kier alpha value is -3.05. The number of anilines is 1. The molecule has 0 aliphatic carbocycles. The number of para-hydroxylation sites is 1. The molecule has 0 amide bonds. The third kappa shape index (κ3) is 2.32. The molecule has 5 nitrogen and oxygen atoms in total. The lowest BCUT2D eigenvalue weighted by Crippen LogP contribution is -2.48. The van der Waals surface area contributed by atoms with Crippen LogP contribution in [0.15, 0.2) is 70.4 Å². The van der Waals surface area contributed by atoms with E-state index in [-0.39, 0.29) is 6.61 Å². The van der Waals surface area contributed by atoms with Gasteiger partial charge in [0.1, 0.15) is 17.9 Å². The Kier molecular flexibility index (Phi) is 3.40. The predicted molar refractivity (Wildman–Crippen MR) is 96.8 cm³/mol. The lowest BCUT2D eigenvalue weighted by Gasteiger charge is -2.32. The van der Waals surface area contributed by atoms with E-state index >= 15 is 0 Å². The summed E-state index contributed by atoms with van der Waals surface area (Å²) < 4.78 is 11.0. The van der Waals surface area contributed by atoms with Crippen LogP contribution in [-0.2, 0) is 0 Å². The van der Waals surface area contributed by atoms with Gasteiger partial charge in [0, 0.05) is 35.3 Å². The molecule has 2 heterocycles. The molecule has 1 atom stereocenters. The van der Waals surface area contributed by atoms with Gasteiger partial charge in [0.05, 0.1) is 0 Å². The van der Waals surface area contributed by atoms with Crippen LogP contribution in [-0.4, -0.2) is 24.5 Å². The molecule has 0 saturated heterocycles. The standard InChI is InChI=1S/C20H17NO4/c1-13-19-15-8-11-18(22)25-17(15)10-9-16(19)21(2)20(13,23)12-24-14-6-4-3-5-7-14/h3-11,23H,1,12H2,2H3. The summed E-state index contributed by atoms with van der Waals surface area (Å²) >= 11 is 0. The molecule has 25 heavy (non-hydrogen) atoms. The van der Waals surface area contributed by atoms with Crippen LogP contribution in [0, 0.1) is 0 Å². The highest BCUT2D eigenvalue weighted by molar-refractivity contribution is 6.02. The van der Waals surface area contributed by atoms with Gasteiger partial charge in [-0.15, -0.1) is 0 Å². The number of benzene rings is 2. The normalized spacial score (nSPS) is 19.3. The van der Waals surface area contributed by atoms with Crippen molar-refractivity contribution in [1.29, 1.82) is 0 Å². The number of rotatable bonds is 3. The van der Waals surface area contributed by atoms with Crippen LogP contribution in [0.25, 0.3) is 16.5 Å². The van der Waals surface area contributed by atoms with Crippen molar-refractivity contribution in [1.82, 2.24) is 0 Å². The van der Waals surface area contributed by atoms with Gasteiger partial charge in [-0.1, -0.05) is 24.8 Å². The Bertz CT molecular complexity index is 1020. The highest BCUT2D eigenvalue weighted by Crippen LogP contribution is 2.47. The Morgan fingerprint density at radius 2 is 1.92 bits per heavy atom. The molecular weight excluding hydrogens is 318 g/mol. The molecule has 2 aromatic carbocycles. The van der Waals surface area contributed by atoms with Crippen LogP contribution < -0.4 is 15.3 Å². The summed E-state index contributed by atoms with van der Waals surface area (Å²) in [5, 5.41) is 12.0. The number of nitrogens with zero attached hydrogens (tertiary/aromatic N) is 1. The van der Waals surface area contributed by atoms with Crippen molar-refractivity contribution in [3.63, 3.8) is 0 Å². The van der Waals surface area contributed by atoms with E-state index in [1.54, 1.807) is 24.1 Å². The van der Waals surface area contributed by atoms with E-state index in [1.165, 1.54) is 6.07 Å². The minimum absolute atomic E-state index is 0.0271. The van der Waals surface area contributed by atoms with Gasteiger partial charge in [0.25, 0.3) is 0 Å². The number of aliphatic hydroxyl groups is 1. The maximum Gasteiger partial charge on any atom is 0.336 e. The fourth-order valence-corrected chi connectivity index (χ4v) is 3.22. The van der Waals surface area contributed by atoms with Crippen molar-refractivity contribution in [2.45, 2.75) is 5.72 Å². The number of likely N-dealkylation sites (N-methyl/N-ethyl adjacent to an activating group) is 1. The minimum atomic E-state index is -1.39. The van der Waals surface area contributed by atoms with Gasteiger partial charge in [-0.25, -0.2) is 4.79 Å². The maximum atomic E-state index is 11.4. The van der Waals surface area contributed by atoms with E-state index in [1.807, 2.05) is 36.4 Å². The maximum absolute atomic E-state index is 11.4. The summed E-state index contributed by atoms with van der Waals surface area (Å²) in [4.78, 5) is 13.2. The van der Waals surface area contributed by atoms with Crippen molar-refractivity contribution in [3.05, 3.63) is 77.2 Å². The lowest BCUT2D eigenvalue weighted by atomic mass is 9.98. The molecule has 1 aliphatic heterocycles. The second-order valence-corrected chi connectivity index (χ2v) is 6.08. The summed E-state index contributed by atoms with van der Waals surface area (Å²) in [7, 11) is 1.79. The van der Waals surface area contributed by atoms with Crippen LogP contribution in [0.5, 0.6) is 5.75 Å². The van der Waals surface area contributed by atoms with Gasteiger partial charge in [-0.05, 0) is 30.3 Å². The smallest absolute Gasteiger partial charge is 0.336 e. The summed E-state index contributed by atoms with van der Waals surface area (Å²) in [5.74, 6) is 0.670.